The Morgan fingerprint density at radius 1 is 1.53 bits per heavy atom. The second-order valence-electron chi connectivity index (χ2n) is 4.24. The Balaban J connectivity index is 2.41. The lowest BCUT2D eigenvalue weighted by molar-refractivity contribution is 0.107. The van der Waals surface area contributed by atoms with E-state index < -0.39 is 0 Å². The van der Waals surface area contributed by atoms with Crippen molar-refractivity contribution in [1.29, 1.82) is 0 Å². The fourth-order valence-electron chi connectivity index (χ4n) is 2.09. The molecule has 0 bridgehead atoms. The molecule has 0 saturated heterocycles. The lowest BCUT2D eigenvalue weighted by atomic mass is 10.1. The zero-order valence-electron chi connectivity index (χ0n) is 9.71. The van der Waals surface area contributed by atoms with E-state index in [2.05, 4.69) is 28.9 Å². The van der Waals surface area contributed by atoms with E-state index in [9.17, 15) is 0 Å². The van der Waals surface area contributed by atoms with E-state index in [4.69, 9.17) is 4.74 Å². The third-order valence-electron chi connectivity index (χ3n) is 2.77. The zero-order valence-corrected chi connectivity index (χ0v) is 9.71. The largest absolute Gasteiger partial charge is 0.375 e. The summed E-state index contributed by atoms with van der Waals surface area (Å²) in [5.41, 5.74) is 3.84. The second kappa shape index (κ2) is 4.33. The third-order valence-corrected chi connectivity index (χ3v) is 2.77. The topological polar surface area (TPSA) is 39.1 Å². The van der Waals surface area contributed by atoms with Crippen LogP contribution in [0.1, 0.15) is 36.8 Å². The molecule has 2 heterocycles. The van der Waals surface area contributed by atoms with Crippen LogP contribution < -0.4 is 5.32 Å². The summed E-state index contributed by atoms with van der Waals surface area (Å²) in [6, 6.07) is 0.416. The Kier molecular flexibility index (Phi) is 3.07. The monoisotopic (exact) mass is 209 g/mol. The highest BCUT2D eigenvalue weighted by Gasteiger charge is 2.21. The minimum Gasteiger partial charge on any atom is -0.375 e. The summed E-state index contributed by atoms with van der Waals surface area (Å²) in [6.45, 7) is 6.72. The molecule has 1 aliphatic heterocycles. The maximum absolute atomic E-state index is 5.43. The first kappa shape index (κ1) is 10.6. The van der Waals surface area contributed by atoms with Crippen molar-refractivity contribution >= 4 is 0 Å². The van der Waals surface area contributed by atoms with Gasteiger partial charge in [0.05, 0.1) is 24.6 Å². The molecule has 1 aromatic rings. The SMILES string of the molecule is CNCc1c2c(nn1C(C)C)COCC2. The van der Waals surface area contributed by atoms with Crippen molar-refractivity contribution in [3.63, 3.8) is 0 Å². The van der Waals surface area contributed by atoms with E-state index in [-0.39, 0.29) is 0 Å². The summed E-state index contributed by atoms with van der Waals surface area (Å²) >= 11 is 0. The molecule has 4 nitrogen and oxygen atoms in total. The highest BCUT2D eigenvalue weighted by Crippen LogP contribution is 2.22. The van der Waals surface area contributed by atoms with Gasteiger partial charge in [-0.05, 0) is 27.3 Å². The molecule has 0 fully saturated rings. The number of aromatic nitrogens is 2. The van der Waals surface area contributed by atoms with Gasteiger partial charge in [0.25, 0.3) is 0 Å². The molecule has 1 aliphatic rings. The lowest BCUT2D eigenvalue weighted by Crippen LogP contribution is -2.16. The molecule has 15 heavy (non-hydrogen) atoms. The predicted octanol–water partition coefficient (Wildman–Crippen LogP) is 1.26. The van der Waals surface area contributed by atoms with Gasteiger partial charge in [-0.2, -0.15) is 5.10 Å². The molecular weight excluding hydrogens is 190 g/mol. The number of rotatable bonds is 3. The number of nitrogens with one attached hydrogen (secondary N) is 1. The van der Waals surface area contributed by atoms with E-state index in [1.165, 1.54) is 11.3 Å². The Bertz CT molecular complexity index is 344. The number of ether oxygens (including phenoxy) is 1. The normalized spacial score (nSPS) is 15.7. The van der Waals surface area contributed by atoms with Crippen LogP contribution in [0.4, 0.5) is 0 Å². The molecule has 4 heteroatoms. The van der Waals surface area contributed by atoms with E-state index >= 15 is 0 Å². The molecule has 0 spiro atoms. The van der Waals surface area contributed by atoms with E-state index in [0.29, 0.717) is 12.6 Å². The van der Waals surface area contributed by atoms with E-state index in [0.717, 1.165) is 25.3 Å². The standard InChI is InChI=1S/C11H19N3O/c1-8(2)14-11(6-12-3)9-4-5-15-7-10(9)13-14/h8,12H,4-7H2,1-3H3. The zero-order chi connectivity index (χ0) is 10.8. The first-order valence-corrected chi connectivity index (χ1v) is 5.55. The molecule has 2 rings (SSSR count). The first-order chi connectivity index (χ1) is 7.24. The highest BCUT2D eigenvalue weighted by molar-refractivity contribution is 5.28. The fourth-order valence-corrected chi connectivity index (χ4v) is 2.09. The van der Waals surface area contributed by atoms with Gasteiger partial charge in [0, 0.05) is 18.2 Å². The number of fused-ring (bicyclic) bond motifs is 1. The van der Waals surface area contributed by atoms with Crippen LogP contribution in [0.2, 0.25) is 0 Å². The van der Waals surface area contributed by atoms with Crippen molar-refractivity contribution < 1.29 is 4.74 Å². The van der Waals surface area contributed by atoms with Crippen molar-refractivity contribution in [2.75, 3.05) is 13.7 Å². The number of hydrogen-bond acceptors (Lipinski definition) is 3. The van der Waals surface area contributed by atoms with Gasteiger partial charge in [-0.1, -0.05) is 0 Å². The summed E-state index contributed by atoms with van der Waals surface area (Å²) < 4.78 is 7.55. The molecule has 84 valence electrons. The average molecular weight is 209 g/mol. The summed E-state index contributed by atoms with van der Waals surface area (Å²) in [7, 11) is 1.98. The quantitative estimate of drug-likeness (QED) is 0.814. The summed E-state index contributed by atoms with van der Waals surface area (Å²) in [6.07, 6.45) is 0.999. The maximum Gasteiger partial charge on any atom is 0.0918 e. The molecular formula is C11H19N3O. The van der Waals surface area contributed by atoms with Crippen molar-refractivity contribution in [3.8, 4) is 0 Å². The Morgan fingerprint density at radius 3 is 3.00 bits per heavy atom. The minimum atomic E-state index is 0.416. The van der Waals surface area contributed by atoms with Crippen LogP contribution in [0.3, 0.4) is 0 Å². The highest BCUT2D eigenvalue weighted by atomic mass is 16.5. The average Bonchev–Trinajstić information content (AvgIpc) is 2.58. The van der Waals surface area contributed by atoms with Crippen LogP contribution in [0, 0.1) is 0 Å². The van der Waals surface area contributed by atoms with Crippen LogP contribution in [-0.2, 0) is 24.3 Å². The lowest BCUT2D eigenvalue weighted by Gasteiger charge is -2.13. The van der Waals surface area contributed by atoms with Crippen molar-refractivity contribution in [2.45, 2.75) is 39.5 Å². The van der Waals surface area contributed by atoms with Crippen LogP contribution in [0.25, 0.3) is 0 Å². The number of hydrogen-bond donors (Lipinski definition) is 1. The summed E-state index contributed by atoms with van der Waals surface area (Å²) in [5.74, 6) is 0. The van der Waals surface area contributed by atoms with E-state index in [1.54, 1.807) is 0 Å². The molecule has 0 unspecified atom stereocenters. The van der Waals surface area contributed by atoms with E-state index in [1.807, 2.05) is 7.05 Å². The van der Waals surface area contributed by atoms with Gasteiger partial charge in [-0.3, -0.25) is 4.68 Å². The van der Waals surface area contributed by atoms with Gasteiger partial charge < -0.3 is 10.1 Å². The summed E-state index contributed by atoms with van der Waals surface area (Å²) in [4.78, 5) is 0. The molecule has 1 aromatic heterocycles. The molecule has 0 aromatic carbocycles. The predicted molar refractivity (Wildman–Crippen MR) is 58.7 cm³/mol. The van der Waals surface area contributed by atoms with Gasteiger partial charge in [0.1, 0.15) is 0 Å². The van der Waals surface area contributed by atoms with Crippen molar-refractivity contribution in [3.05, 3.63) is 17.0 Å². The molecule has 0 atom stereocenters. The molecule has 0 aliphatic carbocycles. The molecule has 1 N–H and O–H groups in total. The fraction of sp³-hybridized carbons (Fsp3) is 0.727. The third kappa shape index (κ3) is 1.92. The second-order valence-corrected chi connectivity index (χ2v) is 4.24. The van der Waals surface area contributed by atoms with Crippen LogP contribution in [0.5, 0.6) is 0 Å². The van der Waals surface area contributed by atoms with Crippen LogP contribution in [0.15, 0.2) is 0 Å². The Hall–Kier alpha value is -0.870. The van der Waals surface area contributed by atoms with Crippen molar-refractivity contribution in [2.24, 2.45) is 0 Å². The maximum atomic E-state index is 5.43. The number of nitrogens with zero attached hydrogens (tertiary/aromatic N) is 2. The van der Waals surface area contributed by atoms with Gasteiger partial charge >= 0.3 is 0 Å². The minimum absolute atomic E-state index is 0.416. The first-order valence-electron chi connectivity index (χ1n) is 5.55. The smallest absolute Gasteiger partial charge is 0.0918 e. The Labute approximate surface area is 90.6 Å². The van der Waals surface area contributed by atoms with Crippen LogP contribution >= 0.6 is 0 Å². The molecule has 0 radical (unpaired) electrons. The van der Waals surface area contributed by atoms with Crippen LogP contribution in [-0.4, -0.2) is 23.4 Å². The van der Waals surface area contributed by atoms with Gasteiger partial charge in [0.2, 0.25) is 0 Å². The van der Waals surface area contributed by atoms with Crippen molar-refractivity contribution in [1.82, 2.24) is 15.1 Å². The Morgan fingerprint density at radius 2 is 2.33 bits per heavy atom. The molecule has 0 amide bonds. The van der Waals surface area contributed by atoms with Gasteiger partial charge in [-0.25, -0.2) is 0 Å². The van der Waals surface area contributed by atoms with Gasteiger partial charge in [-0.15, -0.1) is 0 Å². The molecule has 0 saturated carbocycles. The summed E-state index contributed by atoms with van der Waals surface area (Å²) in [5, 5.41) is 7.83. The van der Waals surface area contributed by atoms with Gasteiger partial charge in [0.15, 0.2) is 0 Å².